The van der Waals surface area contributed by atoms with E-state index in [4.69, 9.17) is 14.2 Å². The van der Waals surface area contributed by atoms with Gasteiger partial charge < -0.3 is 19.5 Å². The first kappa shape index (κ1) is 16.6. The lowest BCUT2D eigenvalue weighted by atomic mass is 10.1. The van der Waals surface area contributed by atoms with E-state index in [9.17, 15) is 14.4 Å². The van der Waals surface area contributed by atoms with Crippen molar-refractivity contribution >= 4 is 17.5 Å². The molecule has 1 aromatic carbocycles. The summed E-state index contributed by atoms with van der Waals surface area (Å²) in [6.45, 7) is 0.237. The minimum absolute atomic E-state index is 0.0145. The van der Waals surface area contributed by atoms with Crippen LogP contribution >= 0.6 is 0 Å². The van der Waals surface area contributed by atoms with Crippen LogP contribution in [-0.4, -0.2) is 46.8 Å². The van der Waals surface area contributed by atoms with E-state index < -0.39 is 24.1 Å². The number of rotatable bonds is 3. The summed E-state index contributed by atoms with van der Waals surface area (Å²) in [5.74, 6) is -0.661. The normalized spacial score (nSPS) is 24.9. The fourth-order valence-electron chi connectivity index (χ4n) is 2.87. The van der Waals surface area contributed by atoms with Gasteiger partial charge in [-0.25, -0.2) is 4.79 Å². The Balaban J connectivity index is 1.52. The zero-order chi connectivity index (χ0) is 18.1. The van der Waals surface area contributed by atoms with Gasteiger partial charge in [0.2, 0.25) is 12.0 Å². The molecule has 2 aromatic rings. The van der Waals surface area contributed by atoms with Crippen LogP contribution in [-0.2, 0) is 19.0 Å². The highest BCUT2D eigenvalue weighted by Gasteiger charge is 2.47. The molecule has 134 valence electrons. The number of aromatic nitrogens is 2. The quantitative estimate of drug-likeness (QED) is 0.843. The van der Waals surface area contributed by atoms with Gasteiger partial charge in [-0.1, -0.05) is 18.2 Å². The van der Waals surface area contributed by atoms with Gasteiger partial charge >= 0.3 is 5.69 Å². The lowest BCUT2D eigenvalue weighted by molar-refractivity contribution is -0.183. The first-order chi connectivity index (χ1) is 12.6. The minimum Gasteiger partial charge on any atom is -0.353 e. The van der Waals surface area contributed by atoms with Crippen molar-refractivity contribution in [3.05, 3.63) is 58.6 Å². The van der Waals surface area contributed by atoms with Gasteiger partial charge in [0, 0.05) is 11.8 Å². The number of nitrogens with zero attached hydrogens (tertiary/aromatic N) is 2. The molecule has 3 atom stereocenters. The third kappa shape index (κ3) is 3.03. The molecule has 0 unspecified atom stereocenters. The Bertz CT molecular complexity index is 897. The predicted octanol–water partition coefficient (Wildman–Crippen LogP) is 0.335. The molecule has 2 fully saturated rings. The number of anilines is 1. The van der Waals surface area contributed by atoms with Crippen molar-refractivity contribution in [2.75, 3.05) is 18.7 Å². The highest BCUT2D eigenvalue weighted by atomic mass is 16.7. The molecule has 3 heterocycles. The van der Waals surface area contributed by atoms with E-state index in [2.05, 4.69) is 10.3 Å². The molecule has 1 aromatic heterocycles. The minimum atomic E-state index is -1.12. The van der Waals surface area contributed by atoms with E-state index in [0.717, 1.165) is 4.57 Å². The second-order valence-electron chi connectivity index (χ2n) is 5.83. The third-order valence-corrected chi connectivity index (χ3v) is 4.14. The molecule has 4 rings (SSSR count). The van der Waals surface area contributed by atoms with Crippen LogP contribution in [0.4, 0.5) is 5.82 Å². The van der Waals surface area contributed by atoms with E-state index >= 15 is 0 Å². The maximum Gasteiger partial charge on any atom is 0.352 e. The summed E-state index contributed by atoms with van der Waals surface area (Å²) in [6, 6.07) is 9.97. The van der Waals surface area contributed by atoms with Crippen molar-refractivity contribution in [1.29, 1.82) is 0 Å². The largest absolute Gasteiger partial charge is 0.353 e. The van der Waals surface area contributed by atoms with Crippen LogP contribution in [0.2, 0.25) is 0 Å². The highest BCUT2D eigenvalue weighted by molar-refractivity contribution is 6.03. The molecule has 2 aliphatic heterocycles. The molecular weight excluding hydrogens is 342 g/mol. The number of hydrogen-bond acceptors (Lipinski definition) is 7. The molecule has 9 heteroatoms. The first-order valence-corrected chi connectivity index (χ1v) is 7.97. The van der Waals surface area contributed by atoms with Gasteiger partial charge in [0.1, 0.15) is 18.7 Å². The van der Waals surface area contributed by atoms with Gasteiger partial charge in [-0.2, -0.15) is 4.98 Å². The molecule has 0 aliphatic carbocycles. The number of ketones is 1. The van der Waals surface area contributed by atoms with E-state index in [1.165, 1.54) is 12.3 Å². The second-order valence-corrected chi connectivity index (χ2v) is 5.83. The van der Waals surface area contributed by atoms with E-state index in [1.54, 1.807) is 30.3 Å². The van der Waals surface area contributed by atoms with Crippen molar-refractivity contribution in [3.8, 4) is 0 Å². The van der Waals surface area contributed by atoms with Crippen LogP contribution < -0.4 is 11.0 Å². The molecule has 0 radical (unpaired) electrons. The maximum atomic E-state index is 12.4. The summed E-state index contributed by atoms with van der Waals surface area (Å²) in [7, 11) is 0. The van der Waals surface area contributed by atoms with Crippen molar-refractivity contribution in [3.63, 3.8) is 0 Å². The van der Waals surface area contributed by atoms with Crippen molar-refractivity contribution in [1.82, 2.24) is 9.55 Å². The van der Waals surface area contributed by atoms with Crippen LogP contribution in [0.1, 0.15) is 16.6 Å². The molecule has 1 amide bonds. The Kier molecular flexibility index (Phi) is 4.33. The molecule has 1 N–H and O–H groups in total. The highest BCUT2D eigenvalue weighted by Crippen LogP contribution is 2.29. The molecule has 2 saturated heterocycles. The summed E-state index contributed by atoms with van der Waals surface area (Å²) in [6.07, 6.45) is -1.06. The topological polar surface area (TPSA) is 109 Å². The Labute approximate surface area is 147 Å². The standard InChI is InChI=1S/C17H15N3O6/c21-13-14-11(8-24-9-25-14)26-16(13)20-7-6-12(19-17(20)23)18-15(22)10-4-2-1-3-5-10/h1-7,11,14,16H,8-9H2,(H,18,19,22,23)/t11-,14-,16+/m0/s1. The zero-order valence-electron chi connectivity index (χ0n) is 13.5. The van der Waals surface area contributed by atoms with Crippen LogP contribution in [0.25, 0.3) is 0 Å². The number of benzene rings is 1. The van der Waals surface area contributed by atoms with Crippen LogP contribution in [0.15, 0.2) is 47.4 Å². The maximum absolute atomic E-state index is 12.4. The molecule has 2 aliphatic rings. The molecular formula is C17H15N3O6. The summed E-state index contributed by atoms with van der Waals surface area (Å²) in [4.78, 5) is 40.6. The molecule has 9 nitrogen and oxygen atoms in total. The summed E-state index contributed by atoms with van der Waals surface area (Å²) in [5.41, 5.74) is -0.275. The molecule has 0 bridgehead atoms. The Hall–Kier alpha value is -2.88. The molecule has 26 heavy (non-hydrogen) atoms. The van der Waals surface area contributed by atoms with Crippen molar-refractivity contribution in [2.45, 2.75) is 18.4 Å². The second kappa shape index (κ2) is 6.79. The van der Waals surface area contributed by atoms with E-state index in [0.29, 0.717) is 5.56 Å². The number of amides is 1. The number of fused-ring (bicyclic) bond motifs is 1. The summed E-state index contributed by atoms with van der Waals surface area (Å²) in [5, 5.41) is 2.54. The number of carbonyl (C=O) groups excluding carboxylic acids is 2. The van der Waals surface area contributed by atoms with Gasteiger partial charge in [-0.15, -0.1) is 0 Å². The van der Waals surface area contributed by atoms with Crippen LogP contribution in [0, 0.1) is 0 Å². The Morgan fingerprint density at radius 3 is 2.73 bits per heavy atom. The van der Waals surface area contributed by atoms with Crippen molar-refractivity contribution < 1.29 is 23.8 Å². The smallest absolute Gasteiger partial charge is 0.352 e. The molecule has 0 saturated carbocycles. The number of ether oxygens (including phenoxy) is 3. The SMILES string of the molecule is O=C(Nc1ccn([C@@H]2O[C@H]3COCO[C@@H]3C2=O)c(=O)n1)c1ccccc1. The third-order valence-electron chi connectivity index (χ3n) is 4.14. The van der Waals surface area contributed by atoms with E-state index in [-0.39, 0.29) is 30.9 Å². The first-order valence-electron chi connectivity index (χ1n) is 7.97. The van der Waals surface area contributed by atoms with Gasteiger partial charge in [-0.3, -0.25) is 14.2 Å². The van der Waals surface area contributed by atoms with Crippen LogP contribution in [0.5, 0.6) is 0 Å². The number of carbonyl (C=O) groups is 2. The van der Waals surface area contributed by atoms with Gasteiger partial charge in [-0.05, 0) is 18.2 Å². The Morgan fingerprint density at radius 1 is 1.19 bits per heavy atom. The van der Waals surface area contributed by atoms with Crippen molar-refractivity contribution in [2.24, 2.45) is 0 Å². The van der Waals surface area contributed by atoms with Gasteiger partial charge in [0.15, 0.2) is 6.10 Å². The summed E-state index contributed by atoms with van der Waals surface area (Å²) >= 11 is 0. The fraction of sp³-hybridized carbons (Fsp3) is 0.294. The van der Waals surface area contributed by atoms with Gasteiger partial charge in [0.05, 0.1) is 6.61 Å². The average molecular weight is 357 g/mol. The van der Waals surface area contributed by atoms with Crippen LogP contribution in [0.3, 0.4) is 0 Å². The molecule has 0 spiro atoms. The lowest BCUT2D eigenvalue weighted by Crippen LogP contribution is -2.39. The zero-order valence-corrected chi connectivity index (χ0v) is 13.5. The monoisotopic (exact) mass is 357 g/mol. The fourth-order valence-corrected chi connectivity index (χ4v) is 2.87. The Morgan fingerprint density at radius 2 is 2.00 bits per heavy atom. The number of hydrogen-bond donors (Lipinski definition) is 1. The lowest BCUT2D eigenvalue weighted by Gasteiger charge is -2.22. The van der Waals surface area contributed by atoms with Gasteiger partial charge in [0.25, 0.3) is 5.91 Å². The number of nitrogens with one attached hydrogen (secondary N) is 1. The summed E-state index contributed by atoms with van der Waals surface area (Å²) < 4.78 is 17.0. The number of Topliss-reactive ketones (excluding diaryl/α,β-unsaturated/α-hetero) is 1. The van der Waals surface area contributed by atoms with E-state index in [1.807, 2.05) is 0 Å². The average Bonchev–Trinajstić information content (AvgIpc) is 2.99. The predicted molar refractivity (Wildman–Crippen MR) is 87.5 cm³/mol.